The lowest BCUT2D eigenvalue weighted by Gasteiger charge is -2.14. The monoisotopic (exact) mass is 362 g/mol. The fourth-order valence-corrected chi connectivity index (χ4v) is 2.72. The van der Waals surface area contributed by atoms with Gasteiger partial charge in [0.25, 0.3) is 5.91 Å². The van der Waals surface area contributed by atoms with Crippen LogP contribution in [0.5, 0.6) is 11.5 Å². The first kappa shape index (κ1) is 16.8. The molecular weight excluding hydrogens is 344 g/mol. The molecule has 2 aromatic carbocycles. The van der Waals surface area contributed by atoms with Crippen molar-refractivity contribution in [1.82, 2.24) is 9.97 Å². The Morgan fingerprint density at radius 1 is 1.04 bits per heavy atom. The lowest BCUT2D eigenvalue weighted by atomic mass is 10.1. The van der Waals surface area contributed by atoms with Crippen molar-refractivity contribution in [2.75, 3.05) is 17.4 Å². The van der Waals surface area contributed by atoms with Gasteiger partial charge in [0, 0.05) is 24.1 Å². The molecule has 1 aromatic heterocycles. The van der Waals surface area contributed by atoms with Crippen molar-refractivity contribution >= 4 is 17.5 Å². The molecule has 1 amide bonds. The van der Waals surface area contributed by atoms with Crippen LogP contribution in [0.15, 0.2) is 60.9 Å². The maximum absolute atomic E-state index is 12.4. The highest BCUT2D eigenvalue weighted by atomic mass is 16.7. The molecule has 0 saturated heterocycles. The molecule has 0 fully saturated rings. The molecule has 0 bridgehead atoms. The van der Waals surface area contributed by atoms with E-state index >= 15 is 0 Å². The molecule has 0 spiro atoms. The molecule has 27 heavy (non-hydrogen) atoms. The molecule has 2 N–H and O–H groups in total. The van der Waals surface area contributed by atoms with Crippen molar-refractivity contribution in [3.05, 3.63) is 72.1 Å². The van der Waals surface area contributed by atoms with Crippen molar-refractivity contribution < 1.29 is 14.3 Å². The number of aromatic nitrogens is 2. The standard InChI is InChI=1S/C20H18N4O3/c1-13(14-5-3-2-4-6-14)23-20-21-10-15(11-22-20)19(25)24-16-7-8-17-18(9-16)27-12-26-17/h2-11,13H,12H2,1H3,(H,24,25)(H,21,22,23). The summed E-state index contributed by atoms with van der Waals surface area (Å²) < 4.78 is 10.6. The average Bonchev–Trinajstić information content (AvgIpc) is 3.17. The summed E-state index contributed by atoms with van der Waals surface area (Å²) in [5, 5.41) is 6.02. The van der Waals surface area contributed by atoms with Gasteiger partial charge in [0.05, 0.1) is 11.6 Å². The molecule has 1 atom stereocenters. The highest BCUT2D eigenvalue weighted by Gasteiger charge is 2.15. The molecule has 7 nitrogen and oxygen atoms in total. The number of carbonyl (C=O) groups is 1. The zero-order valence-corrected chi connectivity index (χ0v) is 14.7. The van der Waals surface area contributed by atoms with Gasteiger partial charge in [0.2, 0.25) is 12.7 Å². The van der Waals surface area contributed by atoms with Crippen LogP contribution in [0, 0.1) is 0 Å². The maximum Gasteiger partial charge on any atom is 0.258 e. The zero-order valence-electron chi connectivity index (χ0n) is 14.7. The topological polar surface area (TPSA) is 85.4 Å². The molecule has 1 aliphatic rings. The summed E-state index contributed by atoms with van der Waals surface area (Å²) in [6.45, 7) is 2.22. The van der Waals surface area contributed by atoms with Crippen LogP contribution in [0.25, 0.3) is 0 Å². The third kappa shape index (κ3) is 3.82. The smallest absolute Gasteiger partial charge is 0.258 e. The Kier molecular flexibility index (Phi) is 4.57. The number of anilines is 2. The van der Waals surface area contributed by atoms with Gasteiger partial charge in [-0.3, -0.25) is 4.79 Å². The van der Waals surface area contributed by atoms with E-state index in [2.05, 4.69) is 20.6 Å². The van der Waals surface area contributed by atoms with Crippen molar-refractivity contribution in [1.29, 1.82) is 0 Å². The molecule has 136 valence electrons. The van der Waals surface area contributed by atoms with Crippen LogP contribution < -0.4 is 20.1 Å². The summed E-state index contributed by atoms with van der Waals surface area (Å²) in [4.78, 5) is 20.9. The van der Waals surface area contributed by atoms with E-state index in [4.69, 9.17) is 9.47 Å². The molecule has 0 saturated carbocycles. The third-order valence-corrected chi connectivity index (χ3v) is 4.19. The highest BCUT2D eigenvalue weighted by Crippen LogP contribution is 2.34. The zero-order chi connectivity index (χ0) is 18.6. The number of hydrogen-bond donors (Lipinski definition) is 2. The summed E-state index contributed by atoms with van der Waals surface area (Å²) >= 11 is 0. The van der Waals surface area contributed by atoms with Gasteiger partial charge in [-0.1, -0.05) is 30.3 Å². The minimum Gasteiger partial charge on any atom is -0.454 e. The van der Waals surface area contributed by atoms with Crippen molar-refractivity contribution in [3.63, 3.8) is 0 Å². The maximum atomic E-state index is 12.4. The molecule has 0 aliphatic carbocycles. The molecule has 1 aliphatic heterocycles. The number of ether oxygens (including phenoxy) is 2. The summed E-state index contributed by atoms with van der Waals surface area (Å²) in [6, 6.07) is 15.3. The van der Waals surface area contributed by atoms with Gasteiger partial charge in [0.1, 0.15) is 0 Å². The molecule has 3 aromatic rings. The fourth-order valence-electron chi connectivity index (χ4n) is 2.72. The van der Waals surface area contributed by atoms with Crippen LogP contribution in [-0.2, 0) is 0 Å². The predicted octanol–water partition coefficient (Wildman–Crippen LogP) is 3.63. The Morgan fingerprint density at radius 3 is 2.56 bits per heavy atom. The first-order valence-electron chi connectivity index (χ1n) is 8.53. The van der Waals surface area contributed by atoms with Crippen LogP contribution >= 0.6 is 0 Å². The van der Waals surface area contributed by atoms with Gasteiger partial charge in [-0.25, -0.2) is 9.97 Å². The van der Waals surface area contributed by atoms with Gasteiger partial charge in [-0.05, 0) is 24.6 Å². The van der Waals surface area contributed by atoms with Crippen molar-refractivity contribution in [3.8, 4) is 11.5 Å². The third-order valence-electron chi connectivity index (χ3n) is 4.19. The summed E-state index contributed by atoms with van der Waals surface area (Å²) in [5.74, 6) is 1.44. The second-order valence-electron chi connectivity index (χ2n) is 6.09. The predicted molar refractivity (Wildman–Crippen MR) is 101 cm³/mol. The summed E-state index contributed by atoms with van der Waals surface area (Å²) in [7, 11) is 0. The van der Waals surface area contributed by atoms with E-state index in [9.17, 15) is 4.79 Å². The number of nitrogens with one attached hydrogen (secondary N) is 2. The van der Waals surface area contributed by atoms with E-state index in [0.29, 0.717) is 28.7 Å². The van der Waals surface area contributed by atoms with Gasteiger partial charge in [0.15, 0.2) is 11.5 Å². The van der Waals surface area contributed by atoms with Crippen LogP contribution in [0.3, 0.4) is 0 Å². The van der Waals surface area contributed by atoms with Gasteiger partial charge in [-0.2, -0.15) is 0 Å². The number of nitrogens with zero attached hydrogens (tertiary/aromatic N) is 2. The number of carbonyl (C=O) groups excluding carboxylic acids is 1. The number of benzene rings is 2. The highest BCUT2D eigenvalue weighted by molar-refractivity contribution is 6.04. The van der Waals surface area contributed by atoms with Crippen LogP contribution in [0.2, 0.25) is 0 Å². The normalized spacial score (nSPS) is 13.1. The first-order valence-corrected chi connectivity index (χ1v) is 8.53. The molecule has 2 heterocycles. The number of hydrogen-bond acceptors (Lipinski definition) is 6. The summed E-state index contributed by atoms with van der Waals surface area (Å²) in [6.07, 6.45) is 2.99. The fraction of sp³-hybridized carbons (Fsp3) is 0.150. The number of fused-ring (bicyclic) bond motifs is 1. The van der Waals surface area contributed by atoms with Crippen LogP contribution in [0.1, 0.15) is 28.9 Å². The number of rotatable bonds is 5. The number of amides is 1. The minimum atomic E-state index is -0.295. The SMILES string of the molecule is CC(Nc1ncc(C(=O)Nc2ccc3c(c2)OCO3)cn1)c1ccccc1. The second kappa shape index (κ2) is 7.33. The largest absolute Gasteiger partial charge is 0.454 e. The Hall–Kier alpha value is -3.61. The van der Waals surface area contributed by atoms with Crippen LogP contribution in [-0.4, -0.2) is 22.7 Å². The molecule has 4 rings (SSSR count). The lowest BCUT2D eigenvalue weighted by molar-refractivity contribution is 0.102. The molecule has 7 heteroatoms. The Bertz CT molecular complexity index is 945. The van der Waals surface area contributed by atoms with Crippen molar-refractivity contribution in [2.24, 2.45) is 0 Å². The quantitative estimate of drug-likeness (QED) is 0.721. The van der Waals surface area contributed by atoms with Gasteiger partial charge < -0.3 is 20.1 Å². The Morgan fingerprint density at radius 2 is 1.78 bits per heavy atom. The molecule has 0 radical (unpaired) electrons. The van der Waals surface area contributed by atoms with E-state index in [-0.39, 0.29) is 18.7 Å². The van der Waals surface area contributed by atoms with Crippen molar-refractivity contribution in [2.45, 2.75) is 13.0 Å². The van der Waals surface area contributed by atoms with Gasteiger partial charge >= 0.3 is 0 Å². The first-order chi connectivity index (χ1) is 13.2. The molecule has 1 unspecified atom stereocenters. The van der Waals surface area contributed by atoms with E-state index in [1.165, 1.54) is 12.4 Å². The lowest BCUT2D eigenvalue weighted by Crippen LogP contribution is -2.14. The van der Waals surface area contributed by atoms with E-state index < -0.39 is 0 Å². The van der Waals surface area contributed by atoms with Gasteiger partial charge in [-0.15, -0.1) is 0 Å². The Balaban J connectivity index is 1.40. The Labute approximate surface area is 156 Å². The minimum absolute atomic E-state index is 0.0551. The molecular formula is C20H18N4O3. The van der Waals surface area contributed by atoms with E-state index in [0.717, 1.165) is 5.56 Å². The average molecular weight is 362 g/mol. The van der Waals surface area contributed by atoms with Crippen LogP contribution in [0.4, 0.5) is 11.6 Å². The van der Waals surface area contributed by atoms with E-state index in [1.54, 1.807) is 18.2 Å². The second-order valence-corrected chi connectivity index (χ2v) is 6.09. The summed E-state index contributed by atoms with van der Waals surface area (Å²) in [5.41, 5.74) is 2.11. The van der Waals surface area contributed by atoms with E-state index in [1.807, 2.05) is 37.3 Å².